The Bertz CT molecular complexity index is 663. The van der Waals surface area contributed by atoms with Gasteiger partial charge in [0.25, 0.3) is 5.56 Å². The quantitative estimate of drug-likeness (QED) is 0.889. The zero-order chi connectivity index (χ0) is 14.2. The second-order valence-corrected chi connectivity index (χ2v) is 4.80. The number of hydrogen-bond acceptors (Lipinski definition) is 2. The molecule has 0 spiro atoms. The molecule has 5 nitrogen and oxygen atoms in total. The molecule has 2 rings (SSSR count). The van der Waals surface area contributed by atoms with Crippen LogP contribution >= 0.6 is 0 Å². The Hall–Kier alpha value is -2.30. The van der Waals surface area contributed by atoms with Crippen LogP contribution < -0.4 is 5.56 Å². The first kappa shape index (κ1) is 13.1. The van der Waals surface area contributed by atoms with Crippen LogP contribution in [0.2, 0.25) is 0 Å². The molecular weight excluding hydrogens is 244 g/mol. The van der Waals surface area contributed by atoms with E-state index < -0.39 is 5.97 Å². The highest BCUT2D eigenvalue weighted by molar-refractivity contribution is 5.87. The van der Waals surface area contributed by atoms with E-state index in [4.69, 9.17) is 5.11 Å². The monoisotopic (exact) mass is 260 g/mol. The van der Waals surface area contributed by atoms with Gasteiger partial charge in [-0.3, -0.25) is 9.89 Å². The van der Waals surface area contributed by atoms with Crippen LogP contribution in [0.5, 0.6) is 0 Å². The topological polar surface area (TPSA) is 75.1 Å². The molecule has 1 aromatic carbocycles. The number of H-pyrrole nitrogens is 1. The van der Waals surface area contributed by atoms with E-state index in [2.05, 4.69) is 5.10 Å². The molecule has 0 saturated carbocycles. The number of hydrogen-bond donors (Lipinski definition) is 2. The van der Waals surface area contributed by atoms with E-state index >= 15 is 0 Å². The van der Waals surface area contributed by atoms with Crippen LogP contribution in [0.25, 0.3) is 5.69 Å². The van der Waals surface area contributed by atoms with Gasteiger partial charge in [-0.25, -0.2) is 9.48 Å². The van der Waals surface area contributed by atoms with Gasteiger partial charge >= 0.3 is 5.97 Å². The predicted molar refractivity (Wildman–Crippen MR) is 72.2 cm³/mol. The average Bonchev–Trinajstić information content (AvgIpc) is 2.65. The fraction of sp³-hybridized carbons (Fsp3) is 0.286. The van der Waals surface area contributed by atoms with Crippen LogP contribution in [0.1, 0.15) is 41.4 Å². The van der Waals surface area contributed by atoms with Gasteiger partial charge in [-0.1, -0.05) is 13.8 Å². The van der Waals surface area contributed by atoms with Gasteiger partial charge < -0.3 is 5.11 Å². The van der Waals surface area contributed by atoms with E-state index in [1.807, 2.05) is 20.8 Å². The number of nitrogens with one attached hydrogen (secondary N) is 1. The summed E-state index contributed by atoms with van der Waals surface area (Å²) in [5, 5.41) is 11.9. The molecule has 1 heterocycles. The maximum atomic E-state index is 12.3. The lowest BCUT2D eigenvalue weighted by Crippen LogP contribution is -2.18. The van der Waals surface area contributed by atoms with Crippen molar-refractivity contribution in [1.29, 1.82) is 0 Å². The Labute approximate surface area is 110 Å². The van der Waals surface area contributed by atoms with Crippen LogP contribution in [0, 0.1) is 6.92 Å². The SMILES string of the molecule is Cc1[nH]n(-c2ccc(C(=O)O)cc2)c(=O)c1C(C)C. The number of carbonyl (C=O) groups is 1. The lowest BCUT2D eigenvalue weighted by Gasteiger charge is -2.02. The summed E-state index contributed by atoms with van der Waals surface area (Å²) in [4.78, 5) is 23.1. The maximum absolute atomic E-state index is 12.3. The number of aromatic nitrogens is 2. The van der Waals surface area contributed by atoms with Gasteiger partial charge in [-0.2, -0.15) is 0 Å². The first-order valence-corrected chi connectivity index (χ1v) is 6.07. The molecule has 19 heavy (non-hydrogen) atoms. The van der Waals surface area contributed by atoms with Crippen molar-refractivity contribution < 1.29 is 9.90 Å². The van der Waals surface area contributed by atoms with Crippen molar-refractivity contribution >= 4 is 5.97 Å². The number of rotatable bonds is 3. The van der Waals surface area contributed by atoms with Gasteiger partial charge in [-0.15, -0.1) is 0 Å². The summed E-state index contributed by atoms with van der Waals surface area (Å²) < 4.78 is 1.44. The van der Waals surface area contributed by atoms with Gasteiger partial charge in [0.2, 0.25) is 0 Å². The van der Waals surface area contributed by atoms with Crippen molar-refractivity contribution in [1.82, 2.24) is 9.78 Å². The molecule has 100 valence electrons. The van der Waals surface area contributed by atoms with E-state index in [1.165, 1.54) is 16.8 Å². The molecule has 0 fully saturated rings. The molecule has 0 bridgehead atoms. The van der Waals surface area contributed by atoms with Gasteiger partial charge in [0.1, 0.15) is 0 Å². The number of carboxylic acid groups (broad SMARTS) is 1. The number of nitrogens with zero attached hydrogens (tertiary/aromatic N) is 1. The highest BCUT2D eigenvalue weighted by Gasteiger charge is 2.15. The molecule has 0 amide bonds. The average molecular weight is 260 g/mol. The van der Waals surface area contributed by atoms with E-state index in [1.54, 1.807) is 12.1 Å². The Morgan fingerprint density at radius 2 is 1.84 bits per heavy atom. The predicted octanol–water partition coefficient (Wildman–Crippen LogP) is 2.30. The van der Waals surface area contributed by atoms with Crippen molar-refractivity contribution in [2.75, 3.05) is 0 Å². The minimum absolute atomic E-state index is 0.0874. The minimum atomic E-state index is -0.982. The van der Waals surface area contributed by atoms with Crippen LogP contribution in [0.4, 0.5) is 0 Å². The lowest BCUT2D eigenvalue weighted by molar-refractivity contribution is 0.0697. The Kier molecular flexibility index (Phi) is 3.29. The molecule has 0 aliphatic heterocycles. The van der Waals surface area contributed by atoms with E-state index in [0.29, 0.717) is 5.69 Å². The maximum Gasteiger partial charge on any atom is 0.335 e. The number of aromatic carboxylic acids is 1. The largest absolute Gasteiger partial charge is 0.478 e. The van der Waals surface area contributed by atoms with E-state index in [9.17, 15) is 9.59 Å². The summed E-state index contributed by atoms with van der Waals surface area (Å²) in [6, 6.07) is 6.19. The van der Waals surface area contributed by atoms with Crippen LogP contribution in [-0.2, 0) is 0 Å². The third kappa shape index (κ3) is 2.31. The third-order valence-corrected chi connectivity index (χ3v) is 3.07. The van der Waals surface area contributed by atoms with Crippen LogP contribution in [-0.4, -0.2) is 20.9 Å². The third-order valence-electron chi connectivity index (χ3n) is 3.07. The zero-order valence-electron chi connectivity index (χ0n) is 11.1. The second-order valence-electron chi connectivity index (χ2n) is 4.80. The molecule has 0 aliphatic rings. The molecule has 0 unspecified atom stereocenters. The van der Waals surface area contributed by atoms with Crippen LogP contribution in [0.3, 0.4) is 0 Å². The number of aryl methyl sites for hydroxylation is 1. The molecule has 2 aromatic rings. The number of aromatic amines is 1. The first-order valence-electron chi connectivity index (χ1n) is 6.07. The van der Waals surface area contributed by atoms with Crippen LogP contribution in [0.15, 0.2) is 29.1 Å². The summed E-state index contributed by atoms with van der Waals surface area (Å²) in [6.45, 7) is 5.80. The fourth-order valence-electron chi connectivity index (χ4n) is 2.17. The molecule has 0 atom stereocenters. The molecular formula is C14H16N2O3. The summed E-state index contributed by atoms with van der Waals surface area (Å²) in [6.07, 6.45) is 0. The number of carboxylic acids is 1. The summed E-state index contributed by atoms with van der Waals surface area (Å²) >= 11 is 0. The van der Waals surface area contributed by atoms with Gasteiger partial charge in [0.15, 0.2) is 0 Å². The second kappa shape index (κ2) is 4.76. The van der Waals surface area contributed by atoms with Gasteiger partial charge in [0.05, 0.1) is 11.3 Å². The normalized spacial score (nSPS) is 10.9. The van der Waals surface area contributed by atoms with E-state index in [-0.39, 0.29) is 17.0 Å². The molecule has 0 radical (unpaired) electrons. The Morgan fingerprint density at radius 3 is 2.26 bits per heavy atom. The minimum Gasteiger partial charge on any atom is -0.478 e. The summed E-state index contributed by atoms with van der Waals surface area (Å²) in [5.74, 6) is -0.840. The van der Waals surface area contributed by atoms with Crippen molar-refractivity contribution in [3.05, 3.63) is 51.4 Å². The zero-order valence-corrected chi connectivity index (χ0v) is 11.1. The van der Waals surface area contributed by atoms with Crippen molar-refractivity contribution in [3.8, 4) is 5.69 Å². The van der Waals surface area contributed by atoms with Crippen molar-refractivity contribution in [2.24, 2.45) is 0 Å². The highest BCUT2D eigenvalue weighted by Crippen LogP contribution is 2.15. The summed E-state index contributed by atoms with van der Waals surface area (Å²) in [5.41, 5.74) is 2.33. The highest BCUT2D eigenvalue weighted by atomic mass is 16.4. The van der Waals surface area contributed by atoms with Crippen molar-refractivity contribution in [3.63, 3.8) is 0 Å². The molecule has 1 aromatic heterocycles. The first-order chi connectivity index (χ1) is 8.91. The molecule has 0 saturated heterocycles. The molecule has 5 heteroatoms. The van der Waals surface area contributed by atoms with Crippen molar-refractivity contribution in [2.45, 2.75) is 26.7 Å². The fourth-order valence-corrected chi connectivity index (χ4v) is 2.17. The van der Waals surface area contributed by atoms with Gasteiger partial charge in [0, 0.05) is 11.3 Å². The lowest BCUT2D eigenvalue weighted by atomic mass is 10.1. The Balaban J connectivity index is 2.51. The van der Waals surface area contributed by atoms with Gasteiger partial charge in [-0.05, 0) is 37.1 Å². The smallest absolute Gasteiger partial charge is 0.335 e. The number of benzene rings is 1. The molecule has 2 N–H and O–H groups in total. The van der Waals surface area contributed by atoms with E-state index in [0.717, 1.165) is 11.3 Å². The molecule has 0 aliphatic carbocycles. The Morgan fingerprint density at radius 1 is 1.26 bits per heavy atom. The summed E-state index contributed by atoms with van der Waals surface area (Å²) in [7, 11) is 0. The standard InChI is InChI=1S/C14H16N2O3/c1-8(2)12-9(3)15-16(13(12)17)11-6-4-10(5-7-11)14(18)19/h4-8,15H,1-3H3,(H,18,19).